The minimum Gasteiger partial charge on any atom is -0.497 e. The molecule has 1 heterocycles. The van der Waals surface area contributed by atoms with Crippen LogP contribution in [0.15, 0.2) is 54.3 Å². The zero-order valence-corrected chi connectivity index (χ0v) is 16.0. The van der Waals surface area contributed by atoms with Crippen LogP contribution in [0.1, 0.15) is 36.0 Å². The van der Waals surface area contributed by atoms with Crippen LogP contribution in [0.2, 0.25) is 0 Å². The van der Waals surface area contributed by atoms with E-state index in [4.69, 9.17) is 19.5 Å². The van der Waals surface area contributed by atoms with E-state index in [1.165, 1.54) is 12.0 Å². The molecule has 1 saturated heterocycles. The molecular weight excluding hydrogens is 350 g/mol. The maximum atomic E-state index is 9.15. The molecule has 0 unspecified atom stereocenters. The Morgan fingerprint density at radius 2 is 1.82 bits per heavy atom. The molecule has 3 atom stereocenters. The van der Waals surface area contributed by atoms with Gasteiger partial charge in [0.2, 0.25) is 0 Å². The Balaban J connectivity index is 1.69. The molecule has 4 heteroatoms. The highest BCUT2D eigenvalue weighted by Crippen LogP contribution is 2.62. The minimum atomic E-state index is -0.519. The van der Waals surface area contributed by atoms with Crippen LogP contribution in [0, 0.1) is 23.2 Å². The van der Waals surface area contributed by atoms with Crippen molar-refractivity contribution in [2.24, 2.45) is 11.8 Å². The molecule has 0 spiro atoms. The summed E-state index contributed by atoms with van der Waals surface area (Å²) >= 11 is 0. The average molecular weight is 373 g/mol. The number of ether oxygens (including phenoxy) is 3. The number of nitrogens with zero attached hydrogens (tertiary/aromatic N) is 1. The van der Waals surface area contributed by atoms with E-state index in [-0.39, 0.29) is 0 Å². The van der Waals surface area contributed by atoms with Gasteiger partial charge in [-0.1, -0.05) is 30.7 Å². The SMILES string of the molecule is COc1ccc([C@@]23OCCOC2=C(c2ccc(C#N)cc2)[C@H]2CCC[C@H]23)cc1. The van der Waals surface area contributed by atoms with Crippen molar-refractivity contribution < 1.29 is 14.2 Å². The summed E-state index contributed by atoms with van der Waals surface area (Å²) < 4.78 is 18.3. The minimum absolute atomic E-state index is 0.377. The number of benzene rings is 2. The van der Waals surface area contributed by atoms with Crippen LogP contribution < -0.4 is 4.74 Å². The van der Waals surface area contributed by atoms with E-state index < -0.39 is 5.60 Å². The van der Waals surface area contributed by atoms with E-state index in [1.807, 2.05) is 24.3 Å². The smallest absolute Gasteiger partial charge is 0.154 e. The normalized spacial score (nSPS) is 28.3. The van der Waals surface area contributed by atoms with Gasteiger partial charge in [0.1, 0.15) is 18.1 Å². The number of rotatable bonds is 3. The van der Waals surface area contributed by atoms with Gasteiger partial charge in [0, 0.05) is 11.5 Å². The number of nitriles is 1. The van der Waals surface area contributed by atoms with Gasteiger partial charge in [-0.2, -0.15) is 5.26 Å². The van der Waals surface area contributed by atoms with Gasteiger partial charge in [0.05, 0.1) is 25.3 Å². The maximum Gasteiger partial charge on any atom is 0.154 e. The van der Waals surface area contributed by atoms with Gasteiger partial charge in [-0.05, 0) is 54.2 Å². The van der Waals surface area contributed by atoms with E-state index in [1.54, 1.807) is 7.11 Å². The van der Waals surface area contributed by atoms with Crippen LogP contribution in [0.5, 0.6) is 5.75 Å². The summed E-state index contributed by atoms with van der Waals surface area (Å²) in [4.78, 5) is 0. The fourth-order valence-corrected chi connectivity index (χ4v) is 5.37. The van der Waals surface area contributed by atoms with E-state index in [9.17, 15) is 0 Å². The molecule has 0 amide bonds. The Kier molecular flexibility index (Phi) is 4.14. The highest BCUT2D eigenvalue weighted by atomic mass is 16.6. The Bertz CT molecular complexity index is 955. The third-order valence-corrected chi connectivity index (χ3v) is 6.49. The van der Waals surface area contributed by atoms with Crippen LogP contribution >= 0.6 is 0 Å². The second-order valence-corrected chi connectivity index (χ2v) is 7.74. The molecule has 3 aliphatic rings. The van der Waals surface area contributed by atoms with Gasteiger partial charge in [-0.25, -0.2) is 0 Å². The van der Waals surface area contributed by atoms with E-state index in [2.05, 4.69) is 30.3 Å². The van der Waals surface area contributed by atoms with Gasteiger partial charge in [0.15, 0.2) is 5.60 Å². The standard InChI is InChI=1S/C24H23NO3/c1-26-19-11-9-18(10-12-19)24-21-4-2-3-20(21)22(23(24)27-13-14-28-24)17-7-5-16(15-25)6-8-17/h5-12,20-21H,2-4,13-14H2,1H3/t20-,21+,24-/m0/s1. The summed E-state index contributed by atoms with van der Waals surface area (Å²) in [6.45, 7) is 1.17. The maximum absolute atomic E-state index is 9.15. The highest BCUT2D eigenvalue weighted by molar-refractivity contribution is 5.76. The molecular formula is C24H23NO3. The fourth-order valence-electron chi connectivity index (χ4n) is 5.37. The van der Waals surface area contributed by atoms with E-state index in [0.717, 1.165) is 35.5 Å². The highest BCUT2D eigenvalue weighted by Gasteiger charge is 2.59. The van der Waals surface area contributed by atoms with Crippen molar-refractivity contribution in [2.45, 2.75) is 24.9 Å². The first-order valence-corrected chi connectivity index (χ1v) is 9.94. The van der Waals surface area contributed by atoms with Crippen LogP contribution in [-0.2, 0) is 15.1 Å². The van der Waals surface area contributed by atoms with Crippen LogP contribution in [0.25, 0.3) is 5.57 Å². The van der Waals surface area contributed by atoms with Crippen molar-refractivity contribution in [2.75, 3.05) is 20.3 Å². The van der Waals surface area contributed by atoms with E-state index in [0.29, 0.717) is 30.6 Å². The molecule has 0 bridgehead atoms. The van der Waals surface area contributed by atoms with Gasteiger partial charge in [-0.15, -0.1) is 0 Å². The van der Waals surface area contributed by atoms with Crippen molar-refractivity contribution in [1.82, 2.24) is 0 Å². The fraction of sp³-hybridized carbons (Fsp3) is 0.375. The molecule has 0 N–H and O–H groups in total. The number of allylic oxidation sites excluding steroid dienone is 1. The Labute approximate surface area is 165 Å². The molecule has 5 rings (SSSR count). The molecule has 2 aliphatic carbocycles. The Morgan fingerprint density at radius 1 is 1.04 bits per heavy atom. The van der Waals surface area contributed by atoms with Crippen molar-refractivity contribution in [3.05, 3.63) is 71.0 Å². The molecule has 2 aromatic carbocycles. The van der Waals surface area contributed by atoms with E-state index >= 15 is 0 Å². The first-order chi connectivity index (χ1) is 13.8. The second kappa shape index (κ2) is 6.68. The van der Waals surface area contributed by atoms with Gasteiger partial charge >= 0.3 is 0 Å². The zero-order chi connectivity index (χ0) is 19.1. The number of hydrogen-bond donors (Lipinski definition) is 0. The lowest BCUT2D eigenvalue weighted by Gasteiger charge is -2.41. The lowest BCUT2D eigenvalue weighted by molar-refractivity contribution is -0.141. The summed E-state index contributed by atoms with van der Waals surface area (Å²) in [5.41, 5.74) is 3.71. The predicted octanol–water partition coefficient (Wildman–Crippen LogP) is 4.65. The Morgan fingerprint density at radius 3 is 2.54 bits per heavy atom. The predicted molar refractivity (Wildman–Crippen MR) is 105 cm³/mol. The molecule has 142 valence electrons. The molecule has 1 aliphatic heterocycles. The molecule has 28 heavy (non-hydrogen) atoms. The molecule has 2 aromatic rings. The molecule has 2 fully saturated rings. The second-order valence-electron chi connectivity index (χ2n) is 7.74. The lowest BCUT2D eigenvalue weighted by Crippen LogP contribution is -2.42. The molecule has 0 radical (unpaired) electrons. The van der Waals surface area contributed by atoms with Gasteiger partial charge in [-0.3, -0.25) is 0 Å². The van der Waals surface area contributed by atoms with Crippen molar-refractivity contribution >= 4 is 5.57 Å². The Hall–Kier alpha value is -2.77. The van der Waals surface area contributed by atoms with Gasteiger partial charge < -0.3 is 14.2 Å². The third-order valence-electron chi connectivity index (χ3n) is 6.49. The molecule has 1 saturated carbocycles. The van der Waals surface area contributed by atoms with Crippen LogP contribution in [0.4, 0.5) is 0 Å². The average Bonchev–Trinajstić information content (AvgIpc) is 3.34. The van der Waals surface area contributed by atoms with Crippen molar-refractivity contribution in [3.63, 3.8) is 0 Å². The first-order valence-electron chi connectivity index (χ1n) is 9.94. The first kappa shape index (κ1) is 17.3. The number of hydrogen-bond acceptors (Lipinski definition) is 4. The summed E-state index contributed by atoms with van der Waals surface area (Å²) in [5.74, 6) is 2.61. The number of methoxy groups -OCH3 is 1. The summed E-state index contributed by atoms with van der Waals surface area (Å²) in [6.07, 6.45) is 3.47. The van der Waals surface area contributed by atoms with Crippen molar-refractivity contribution in [1.29, 1.82) is 5.26 Å². The monoisotopic (exact) mass is 373 g/mol. The zero-order valence-electron chi connectivity index (χ0n) is 16.0. The van der Waals surface area contributed by atoms with Gasteiger partial charge in [0.25, 0.3) is 0 Å². The largest absolute Gasteiger partial charge is 0.497 e. The molecule has 4 nitrogen and oxygen atoms in total. The lowest BCUT2D eigenvalue weighted by atomic mass is 9.79. The molecule has 0 aromatic heterocycles. The number of fused-ring (bicyclic) bond motifs is 3. The topological polar surface area (TPSA) is 51.5 Å². The van der Waals surface area contributed by atoms with Crippen molar-refractivity contribution in [3.8, 4) is 11.8 Å². The third kappa shape index (κ3) is 2.40. The summed E-state index contributed by atoms with van der Waals surface area (Å²) in [7, 11) is 1.68. The summed E-state index contributed by atoms with van der Waals surface area (Å²) in [5, 5.41) is 9.15. The quantitative estimate of drug-likeness (QED) is 0.786. The van der Waals surface area contributed by atoms with Crippen LogP contribution in [0.3, 0.4) is 0 Å². The summed E-state index contributed by atoms with van der Waals surface area (Å²) in [6, 6.07) is 18.3. The van der Waals surface area contributed by atoms with Crippen LogP contribution in [-0.4, -0.2) is 20.3 Å².